The summed E-state index contributed by atoms with van der Waals surface area (Å²) in [5.74, 6) is -1.31. The molecule has 1 N–H and O–H groups in total. The highest BCUT2D eigenvalue weighted by Crippen LogP contribution is 2.23. The zero-order valence-corrected chi connectivity index (χ0v) is 9.83. The zero-order chi connectivity index (χ0) is 14.0. The average molecular weight is 264 g/mol. The third kappa shape index (κ3) is 2.44. The molecule has 1 aromatic carbocycles. The van der Waals surface area contributed by atoms with Crippen molar-refractivity contribution < 1.29 is 23.8 Å². The third-order valence-corrected chi connectivity index (χ3v) is 2.48. The van der Waals surface area contributed by atoms with Crippen LogP contribution in [0.4, 0.5) is 9.18 Å². The van der Waals surface area contributed by atoms with Gasteiger partial charge in [-0.1, -0.05) is 6.07 Å². The van der Waals surface area contributed by atoms with E-state index < -0.39 is 17.9 Å². The summed E-state index contributed by atoms with van der Waals surface area (Å²) in [5.41, 5.74) is 0.533. The van der Waals surface area contributed by atoms with E-state index in [-0.39, 0.29) is 11.1 Å². The first-order chi connectivity index (χ1) is 9.02. The third-order valence-electron chi connectivity index (χ3n) is 2.48. The molecule has 0 fully saturated rings. The van der Waals surface area contributed by atoms with Crippen LogP contribution in [-0.2, 0) is 4.74 Å². The predicted molar refractivity (Wildman–Crippen MR) is 62.4 cm³/mol. The number of nitrogens with zero attached hydrogens (tertiary/aromatic N) is 2. The van der Waals surface area contributed by atoms with E-state index in [1.807, 2.05) is 0 Å². The quantitative estimate of drug-likeness (QED) is 0.839. The Morgan fingerprint density at radius 3 is 2.68 bits per heavy atom. The van der Waals surface area contributed by atoms with Crippen LogP contribution in [-0.4, -0.2) is 34.1 Å². The highest BCUT2D eigenvalue weighted by atomic mass is 19.1. The fraction of sp³-hybridized carbons (Fsp3) is 0.0833. The largest absolute Gasteiger partial charge is 0.465 e. The van der Waals surface area contributed by atoms with Gasteiger partial charge in [0, 0.05) is 17.3 Å². The number of hydrogen-bond donors (Lipinski definition) is 1. The molecule has 0 aliphatic heterocycles. The summed E-state index contributed by atoms with van der Waals surface area (Å²) < 4.78 is 19.0. The number of esters is 1. The molecular weight excluding hydrogens is 255 g/mol. The van der Waals surface area contributed by atoms with Gasteiger partial charge >= 0.3 is 12.1 Å². The fourth-order valence-electron chi connectivity index (χ4n) is 1.56. The first kappa shape index (κ1) is 12.7. The van der Waals surface area contributed by atoms with Crippen molar-refractivity contribution in [1.82, 2.24) is 9.78 Å². The number of carboxylic acid groups (broad SMARTS) is 1. The second kappa shape index (κ2) is 4.89. The molecule has 6 nitrogen and oxygen atoms in total. The van der Waals surface area contributed by atoms with Gasteiger partial charge in [-0.2, -0.15) is 9.78 Å². The molecule has 0 radical (unpaired) electrons. The van der Waals surface area contributed by atoms with Gasteiger partial charge < -0.3 is 9.84 Å². The van der Waals surface area contributed by atoms with Crippen LogP contribution >= 0.6 is 0 Å². The van der Waals surface area contributed by atoms with Crippen molar-refractivity contribution >= 4 is 12.1 Å². The highest BCUT2D eigenvalue weighted by Gasteiger charge is 2.13. The van der Waals surface area contributed by atoms with Crippen LogP contribution in [0.5, 0.6) is 0 Å². The molecule has 0 unspecified atom stereocenters. The summed E-state index contributed by atoms with van der Waals surface area (Å²) in [5, 5.41) is 12.3. The molecule has 1 aromatic heterocycles. The zero-order valence-electron chi connectivity index (χ0n) is 9.83. The Morgan fingerprint density at radius 2 is 2.16 bits per heavy atom. The van der Waals surface area contributed by atoms with Crippen LogP contribution in [0.2, 0.25) is 0 Å². The van der Waals surface area contributed by atoms with Crippen molar-refractivity contribution in [3.63, 3.8) is 0 Å². The van der Waals surface area contributed by atoms with Gasteiger partial charge in [-0.15, -0.1) is 0 Å². The van der Waals surface area contributed by atoms with E-state index in [1.54, 1.807) is 0 Å². The van der Waals surface area contributed by atoms with Gasteiger partial charge in [0.2, 0.25) is 0 Å². The van der Waals surface area contributed by atoms with Crippen LogP contribution < -0.4 is 0 Å². The normalized spacial score (nSPS) is 10.2. The smallest absolute Gasteiger partial charge is 0.432 e. The van der Waals surface area contributed by atoms with Crippen molar-refractivity contribution in [2.45, 2.75) is 0 Å². The molecule has 0 saturated carbocycles. The van der Waals surface area contributed by atoms with E-state index in [9.17, 15) is 14.0 Å². The Morgan fingerprint density at radius 1 is 1.42 bits per heavy atom. The number of methoxy groups -OCH3 is 1. The van der Waals surface area contributed by atoms with E-state index in [4.69, 9.17) is 5.11 Å². The second-order valence-electron chi connectivity index (χ2n) is 3.64. The van der Waals surface area contributed by atoms with E-state index in [0.717, 1.165) is 6.07 Å². The van der Waals surface area contributed by atoms with Gasteiger partial charge in [0.1, 0.15) is 5.82 Å². The number of ether oxygens (including phenoxy) is 1. The van der Waals surface area contributed by atoms with Gasteiger partial charge in [-0.3, -0.25) is 0 Å². The highest BCUT2D eigenvalue weighted by molar-refractivity contribution is 5.90. The standard InChI is InChI=1S/C12H9FN2O4/c1-19-11(16)7-2-3-9(10(13)4-7)8-5-14-15(6-8)12(17)18/h2-6H,1H3,(H,17,18). The van der Waals surface area contributed by atoms with Crippen molar-refractivity contribution in [1.29, 1.82) is 0 Å². The van der Waals surface area contributed by atoms with Gasteiger partial charge in [-0.25, -0.2) is 14.0 Å². The maximum atomic E-state index is 13.9. The molecule has 2 rings (SSSR count). The number of carbonyl (C=O) groups excluding carboxylic acids is 1. The molecule has 0 amide bonds. The van der Waals surface area contributed by atoms with Gasteiger partial charge in [-0.05, 0) is 12.1 Å². The summed E-state index contributed by atoms with van der Waals surface area (Å²) in [6.45, 7) is 0. The molecule has 0 saturated heterocycles. The van der Waals surface area contributed by atoms with Crippen molar-refractivity contribution in [3.8, 4) is 11.1 Å². The van der Waals surface area contributed by atoms with Gasteiger partial charge in [0.25, 0.3) is 0 Å². The molecule has 19 heavy (non-hydrogen) atoms. The van der Waals surface area contributed by atoms with Gasteiger partial charge in [0.05, 0.1) is 18.9 Å². The first-order valence-corrected chi connectivity index (χ1v) is 5.19. The lowest BCUT2D eigenvalue weighted by molar-refractivity contribution is 0.0600. The van der Waals surface area contributed by atoms with Crippen LogP contribution in [0, 0.1) is 5.82 Å². The molecular formula is C12H9FN2O4. The number of carbonyl (C=O) groups is 2. The molecule has 0 bridgehead atoms. The van der Waals surface area contributed by atoms with Crippen LogP contribution in [0.25, 0.3) is 11.1 Å². The summed E-state index contributed by atoms with van der Waals surface area (Å²) in [4.78, 5) is 21.9. The molecule has 0 aliphatic carbocycles. The molecule has 2 aromatic rings. The number of rotatable bonds is 2. The van der Waals surface area contributed by atoms with Crippen molar-refractivity contribution in [2.75, 3.05) is 7.11 Å². The number of hydrogen-bond acceptors (Lipinski definition) is 4. The Hall–Kier alpha value is -2.70. The Kier molecular flexibility index (Phi) is 3.28. The van der Waals surface area contributed by atoms with Crippen LogP contribution in [0.3, 0.4) is 0 Å². The van der Waals surface area contributed by atoms with Crippen LogP contribution in [0.15, 0.2) is 30.6 Å². The minimum Gasteiger partial charge on any atom is -0.465 e. The monoisotopic (exact) mass is 264 g/mol. The number of halogens is 1. The lowest BCUT2D eigenvalue weighted by atomic mass is 10.1. The van der Waals surface area contributed by atoms with Crippen molar-refractivity contribution in [3.05, 3.63) is 42.0 Å². The second-order valence-corrected chi connectivity index (χ2v) is 3.64. The molecule has 0 spiro atoms. The summed E-state index contributed by atoms with van der Waals surface area (Å²) >= 11 is 0. The lowest BCUT2D eigenvalue weighted by Gasteiger charge is -2.03. The molecule has 1 heterocycles. The lowest BCUT2D eigenvalue weighted by Crippen LogP contribution is -2.07. The van der Waals surface area contributed by atoms with E-state index in [0.29, 0.717) is 10.2 Å². The first-order valence-electron chi connectivity index (χ1n) is 5.19. The topological polar surface area (TPSA) is 81.4 Å². The van der Waals surface area contributed by atoms with E-state index in [1.165, 1.54) is 31.6 Å². The maximum Gasteiger partial charge on any atom is 0.432 e. The maximum absolute atomic E-state index is 13.9. The summed E-state index contributed by atoms with van der Waals surface area (Å²) in [6.07, 6.45) is 1.14. The van der Waals surface area contributed by atoms with E-state index in [2.05, 4.69) is 9.84 Å². The summed E-state index contributed by atoms with van der Waals surface area (Å²) in [6, 6.07) is 3.78. The number of benzene rings is 1. The van der Waals surface area contributed by atoms with Gasteiger partial charge in [0.15, 0.2) is 0 Å². The average Bonchev–Trinajstić information content (AvgIpc) is 2.87. The minimum atomic E-state index is -1.27. The molecule has 98 valence electrons. The Bertz CT molecular complexity index is 651. The molecule has 0 atom stereocenters. The summed E-state index contributed by atoms with van der Waals surface area (Å²) in [7, 11) is 1.20. The molecule has 7 heteroatoms. The minimum absolute atomic E-state index is 0.0781. The molecule has 0 aliphatic rings. The fourth-order valence-corrected chi connectivity index (χ4v) is 1.56. The Labute approximate surface area is 107 Å². The van der Waals surface area contributed by atoms with E-state index >= 15 is 0 Å². The number of aromatic nitrogens is 2. The van der Waals surface area contributed by atoms with Crippen molar-refractivity contribution in [2.24, 2.45) is 0 Å². The SMILES string of the molecule is COC(=O)c1ccc(-c2cnn(C(=O)O)c2)c(F)c1. The Balaban J connectivity index is 2.40. The predicted octanol–water partition coefficient (Wildman–Crippen LogP) is 2.00. The van der Waals surface area contributed by atoms with Crippen LogP contribution in [0.1, 0.15) is 10.4 Å².